The maximum absolute atomic E-state index is 13.0. The van der Waals surface area contributed by atoms with Gasteiger partial charge in [0.05, 0.1) is 6.42 Å². The summed E-state index contributed by atoms with van der Waals surface area (Å²) in [6.07, 6.45) is -0.0984. The summed E-state index contributed by atoms with van der Waals surface area (Å²) < 4.78 is 18.4. The van der Waals surface area contributed by atoms with E-state index in [0.717, 1.165) is 0 Å². The Morgan fingerprint density at radius 2 is 2.24 bits per heavy atom. The summed E-state index contributed by atoms with van der Waals surface area (Å²) in [6, 6.07) is 5.79. The molecule has 1 heterocycles. The quantitative estimate of drug-likeness (QED) is 0.853. The van der Waals surface area contributed by atoms with E-state index in [-0.39, 0.29) is 24.7 Å². The summed E-state index contributed by atoms with van der Waals surface area (Å²) in [5.74, 6) is -1.20. The molecule has 17 heavy (non-hydrogen) atoms. The van der Waals surface area contributed by atoms with E-state index in [0.29, 0.717) is 16.7 Å². The molecule has 0 radical (unpaired) electrons. The van der Waals surface area contributed by atoms with Gasteiger partial charge in [0.2, 0.25) is 0 Å². The van der Waals surface area contributed by atoms with Crippen molar-refractivity contribution in [3.8, 4) is 0 Å². The molecule has 3 N–H and O–H groups in total. The van der Waals surface area contributed by atoms with Gasteiger partial charge >= 0.3 is 5.97 Å². The van der Waals surface area contributed by atoms with Gasteiger partial charge in [-0.2, -0.15) is 0 Å². The summed E-state index contributed by atoms with van der Waals surface area (Å²) >= 11 is 0. The maximum Gasteiger partial charge on any atom is 0.304 e. The van der Waals surface area contributed by atoms with Crippen molar-refractivity contribution in [3.63, 3.8) is 0 Å². The molecule has 5 heteroatoms. The lowest BCUT2D eigenvalue weighted by molar-refractivity contribution is -0.137. The van der Waals surface area contributed by atoms with Crippen LogP contribution >= 0.6 is 0 Å². The molecule has 0 amide bonds. The highest BCUT2D eigenvalue weighted by Crippen LogP contribution is 2.27. The van der Waals surface area contributed by atoms with Crippen molar-refractivity contribution in [3.05, 3.63) is 35.8 Å². The third-order valence-corrected chi connectivity index (χ3v) is 2.61. The van der Waals surface area contributed by atoms with Crippen molar-refractivity contribution < 1.29 is 18.7 Å². The Morgan fingerprint density at radius 1 is 1.47 bits per heavy atom. The highest BCUT2D eigenvalue weighted by atomic mass is 19.1. The molecule has 0 bridgehead atoms. The van der Waals surface area contributed by atoms with Crippen LogP contribution < -0.4 is 5.73 Å². The fourth-order valence-corrected chi connectivity index (χ4v) is 1.75. The summed E-state index contributed by atoms with van der Waals surface area (Å²) in [7, 11) is 0. The van der Waals surface area contributed by atoms with Crippen LogP contribution in [-0.4, -0.2) is 17.6 Å². The van der Waals surface area contributed by atoms with E-state index in [2.05, 4.69) is 0 Å². The fourth-order valence-electron chi connectivity index (χ4n) is 1.75. The predicted molar refractivity (Wildman–Crippen MR) is 60.2 cm³/mol. The molecule has 0 aliphatic rings. The third-order valence-electron chi connectivity index (χ3n) is 2.61. The van der Waals surface area contributed by atoms with Crippen molar-refractivity contribution in [1.82, 2.24) is 0 Å². The van der Waals surface area contributed by atoms with Crippen molar-refractivity contribution in [2.45, 2.75) is 12.3 Å². The molecule has 0 saturated carbocycles. The van der Waals surface area contributed by atoms with Crippen molar-refractivity contribution >= 4 is 16.9 Å². The van der Waals surface area contributed by atoms with Crippen LogP contribution in [0.15, 0.2) is 28.7 Å². The van der Waals surface area contributed by atoms with E-state index >= 15 is 0 Å². The third kappa shape index (κ3) is 2.45. The van der Waals surface area contributed by atoms with Gasteiger partial charge in [0.1, 0.15) is 17.2 Å². The summed E-state index contributed by atoms with van der Waals surface area (Å²) in [4.78, 5) is 10.7. The molecule has 4 nitrogen and oxygen atoms in total. The largest absolute Gasteiger partial charge is 0.481 e. The zero-order chi connectivity index (χ0) is 12.4. The van der Waals surface area contributed by atoms with Crippen molar-refractivity contribution in [2.24, 2.45) is 5.73 Å². The average Bonchev–Trinajstić information content (AvgIpc) is 2.68. The lowest BCUT2D eigenvalue weighted by Gasteiger charge is -2.07. The number of fused-ring (bicyclic) bond motifs is 1. The molecule has 0 saturated heterocycles. The predicted octanol–water partition coefficient (Wildman–Crippen LogP) is 2.09. The number of carboxylic acid groups (broad SMARTS) is 1. The normalized spacial score (nSPS) is 12.8. The highest BCUT2D eigenvalue weighted by Gasteiger charge is 2.18. The molecule has 1 aromatic heterocycles. The van der Waals surface area contributed by atoms with E-state index < -0.39 is 5.97 Å². The van der Waals surface area contributed by atoms with E-state index in [4.69, 9.17) is 15.3 Å². The van der Waals surface area contributed by atoms with Crippen LogP contribution in [0.5, 0.6) is 0 Å². The molecule has 1 unspecified atom stereocenters. The van der Waals surface area contributed by atoms with Gasteiger partial charge in [-0.1, -0.05) is 0 Å². The number of rotatable bonds is 4. The van der Waals surface area contributed by atoms with Gasteiger partial charge in [-0.3, -0.25) is 4.79 Å². The lowest BCUT2D eigenvalue weighted by Crippen LogP contribution is -2.15. The Morgan fingerprint density at radius 3 is 2.88 bits per heavy atom. The molecular formula is C12H12FNO3. The standard InChI is InChI=1S/C12H12FNO3/c13-9-1-2-10-7(3-9)4-11(17-10)8(6-14)5-12(15)16/h1-4,8H,5-6,14H2,(H,15,16). The van der Waals surface area contributed by atoms with Gasteiger partial charge in [0, 0.05) is 17.8 Å². The summed E-state index contributed by atoms with van der Waals surface area (Å²) in [6.45, 7) is 0.175. The number of benzene rings is 1. The minimum Gasteiger partial charge on any atom is -0.481 e. The monoisotopic (exact) mass is 237 g/mol. The minimum atomic E-state index is -0.938. The molecule has 2 aromatic rings. The lowest BCUT2D eigenvalue weighted by atomic mass is 10.0. The minimum absolute atomic E-state index is 0.0984. The second-order valence-corrected chi connectivity index (χ2v) is 3.86. The van der Waals surface area contributed by atoms with E-state index in [1.54, 1.807) is 6.07 Å². The Hall–Kier alpha value is -1.88. The zero-order valence-corrected chi connectivity index (χ0v) is 9.02. The second-order valence-electron chi connectivity index (χ2n) is 3.86. The first-order valence-corrected chi connectivity index (χ1v) is 5.21. The molecule has 0 spiro atoms. The Labute approximate surface area is 96.8 Å². The summed E-state index contributed by atoms with van der Waals surface area (Å²) in [5, 5.41) is 9.35. The Kier molecular flexibility index (Phi) is 3.10. The number of halogens is 1. The number of hydrogen-bond acceptors (Lipinski definition) is 3. The van der Waals surface area contributed by atoms with Crippen LogP contribution in [0.25, 0.3) is 11.0 Å². The SMILES string of the molecule is NCC(CC(=O)O)c1cc2cc(F)ccc2o1. The molecule has 90 valence electrons. The van der Waals surface area contributed by atoms with Crippen LogP contribution in [0.3, 0.4) is 0 Å². The molecule has 1 atom stereocenters. The first-order chi connectivity index (χ1) is 8.10. The smallest absolute Gasteiger partial charge is 0.304 e. The average molecular weight is 237 g/mol. The van der Waals surface area contributed by atoms with Crippen molar-refractivity contribution in [2.75, 3.05) is 6.54 Å². The first-order valence-electron chi connectivity index (χ1n) is 5.21. The zero-order valence-electron chi connectivity index (χ0n) is 9.02. The summed E-state index contributed by atoms with van der Waals surface area (Å²) in [5.41, 5.74) is 6.04. The van der Waals surface area contributed by atoms with Crippen LogP contribution in [0.1, 0.15) is 18.1 Å². The van der Waals surface area contributed by atoms with Gasteiger partial charge in [-0.05, 0) is 24.3 Å². The number of nitrogens with two attached hydrogens (primary N) is 1. The Bertz CT molecular complexity index is 550. The van der Waals surface area contributed by atoms with Crippen LogP contribution in [0, 0.1) is 5.82 Å². The molecule has 0 fully saturated rings. The van der Waals surface area contributed by atoms with Crippen LogP contribution in [-0.2, 0) is 4.79 Å². The van der Waals surface area contributed by atoms with Gasteiger partial charge in [-0.25, -0.2) is 4.39 Å². The second kappa shape index (κ2) is 4.55. The number of hydrogen-bond donors (Lipinski definition) is 2. The van der Waals surface area contributed by atoms with Gasteiger partial charge in [0.15, 0.2) is 0 Å². The van der Waals surface area contributed by atoms with E-state index in [1.807, 2.05) is 0 Å². The van der Waals surface area contributed by atoms with Crippen LogP contribution in [0.4, 0.5) is 4.39 Å². The van der Waals surface area contributed by atoms with Gasteiger partial charge in [-0.15, -0.1) is 0 Å². The number of furan rings is 1. The first kappa shape index (κ1) is 11.6. The van der Waals surface area contributed by atoms with Crippen LogP contribution in [0.2, 0.25) is 0 Å². The number of aliphatic carboxylic acids is 1. The maximum atomic E-state index is 13.0. The fraction of sp³-hybridized carbons (Fsp3) is 0.250. The molecular weight excluding hydrogens is 225 g/mol. The number of carboxylic acids is 1. The van der Waals surface area contributed by atoms with Crippen molar-refractivity contribution in [1.29, 1.82) is 0 Å². The van der Waals surface area contributed by atoms with Gasteiger partial charge < -0.3 is 15.3 Å². The van der Waals surface area contributed by atoms with Gasteiger partial charge in [0.25, 0.3) is 0 Å². The molecule has 0 aliphatic heterocycles. The van der Waals surface area contributed by atoms with E-state index in [9.17, 15) is 9.18 Å². The molecule has 2 rings (SSSR count). The number of carbonyl (C=O) groups is 1. The van der Waals surface area contributed by atoms with E-state index in [1.165, 1.54) is 18.2 Å². The highest BCUT2D eigenvalue weighted by molar-refractivity contribution is 5.78. The Balaban J connectivity index is 2.37. The topological polar surface area (TPSA) is 76.5 Å². The molecule has 1 aromatic carbocycles. The molecule has 0 aliphatic carbocycles.